The molecule has 104 valence electrons. The summed E-state index contributed by atoms with van der Waals surface area (Å²) < 4.78 is 24.4. The summed E-state index contributed by atoms with van der Waals surface area (Å²) in [5.41, 5.74) is 6.33. The van der Waals surface area contributed by atoms with Gasteiger partial charge >= 0.3 is 0 Å². The number of nitrogens with one attached hydrogen (secondary N) is 1. The van der Waals surface area contributed by atoms with E-state index < -0.39 is 5.82 Å². The summed E-state index contributed by atoms with van der Waals surface area (Å²) in [5, 5.41) is 7.47. The number of amidine groups is 1. The summed E-state index contributed by atoms with van der Waals surface area (Å²) in [6.07, 6.45) is 0. The first-order valence-corrected chi connectivity index (χ1v) is 6.01. The Hall–Kier alpha value is -2.56. The molecule has 0 saturated heterocycles. The number of para-hydroxylation sites is 1. The van der Waals surface area contributed by atoms with Gasteiger partial charge < -0.3 is 15.2 Å². The zero-order valence-corrected chi connectivity index (χ0v) is 11.0. The SMILES string of the molecule is COc1cccc(COc2ccccc2C(=N)N)c1F. The van der Waals surface area contributed by atoms with Crippen LogP contribution in [-0.4, -0.2) is 12.9 Å². The highest BCUT2D eigenvalue weighted by molar-refractivity contribution is 5.97. The lowest BCUT2D eigenvalue weighted by atomic mass is 10.2. The van der Waals surface area contributed by atoms with Gasteiger partial charge in [-0.15, -0.1) is 0 Å². The van der Waals surface area contributed by atoms with Gasteiger partial charge in [-0.3, -0.25) is 5.41 Å². The van der Waals surface area contributed by atoms with E-state index in [-0.39, 0.29) is 18.2 Å². The van der Waals surface area contributed by atoms with E-state index in [4.69, 9.17) is 20.6 Å². The molecule has 0 atom stereocenters. The molecule has 0 aliphatic rings. The van der Waals surface area contributed by atoms with Crippen LogP contribution in [0.1, 0.15) is 11.1 Å². The largest absolute Gasteiger partial charge is 0.494 e. The van der Waals surface area contributed by atoms with Crippen molar-refractivity contribution in [3.8, 4) is 11.5 Å². The second-order valence-electron chi connectivity index (χ2n) is 4.13. The summed E-state index contributed by atoms with van der Waals surface area (Å²) in [6, 6.07) is 11.8. The van der Waals surface area contributed by atoms with E-state index in [0.717, 1.165) is 0 Å². The van der Waals surface area contributed by atoms with Crippen molar-refractivity contribution in [2.45, 2.75) is 6.61 Å². The molecule has 0 amide bonds. The molecule has 2 aromatic carbocycles. The third-order valence-corrected chi connectivity index (χ3v) is 2.82. The molecule has 4 nitrogen and oxygen atoms in total. The maximum absolute atomic E-state index is 14.0. The molecular weight excluding hydrogens is 259 g/mol. The fraction of sp³-hybridized carbons (Fsp3) is 0.133. The van der Waals surface area contributed by atoms with Crippen molar-refractivity contribution < 1.29 is 13.9 Å². The zero-order chi connectivity index (χ0) is 14.5. The zero-order valence-electron chi connectivity index (χ0n) is 11.0. The highest BCUT2D eigenvalue weighted by Gasteiger charge is 2.10. The van der Waals surface area contributed by atoms with Crippen LogP contribution in [0.3, 0.4) is 0 Å². The molecule has 2 aromatic rings. The van der Waals surface area contributed by atoms with Crippen LogP contribution in [0, 0.1) is 11.2 Å². The fourth-order valence-electron chi connectivity index (χ4n) is 1.80. The lowest BCUT2D eigenvalue weighted by Crippen LogP contribution is -2.13. The van der Waals surface area contributed by atoms with E-state index in [2.05, 4.69) is 0 Å². The molecule has 0 aliphatic carbocycles. The average Bonchev–Trinajstić information content (AvgIpc) is 2.46. The number of halogens is 1. The first kappa shape index (κ1) is 13.9. The number of ether oxygens (including phenoxy) is 2. The normalized spacial score (nSPS) is 10.1. The molecule has 0 aliphatic heterocycles. The second kappa shape index (κ2) is 6.06. The Morgan fingerprint density at radius 2 is 1.85 bits per heavy atom. The maximum Gasteiger partial charge on any atom is 0.171 e. The molecule has 0 radical (unpaired) electrons. The summed E-state index contributed by atoms with van der Waals surface area (Å²) in [4.78, 5) is 0. The van der Waals surface area contributed by atoms with Gasteiger partial charge in [0, 0.05) is 5.56 Å². The lowest BCUT2D eigenvalue weighted by molar-refractivity contribution is 0.295. The molecule has 0 spiro atoms. The highest BCUT2D eigenvalue weighted by atomic mass is 19.1. The second-order valence-corrected chi connectivity index (χ2v) is 4.13. The molecule has 3 N–H and O–H groups in total. The molecule has 0 aromatic heterocycles. The molecule has 0 fully saturated rings. The summed E-state index contributed by atoms with van der Waals surface area (Å²) in [5.74, 6) is 0.0789. The smallest absolute Gasteiger partial charge is 0.171 e. The lowest BCUT2D eigenvalue weighted by Gasteiger charge is -2.12. The molecule has 0 unspecified atom stereocenters. The Balaban J connectivity index is 2.19. The van der Waals surface area contributed by atoms with Crippen LogP contribution in [-0.2, 0) is 6.61 Å². The number of benzene rings is 2. The maximum atomic E-state index is 14.0. The predicted octanol–water partition coefficient (Wildman–Crippen LogP) is 2.70. The van der Waals surface area contributed by atoms with Gasteiger partial charge in [0.25, 0.3) is 0 Å². The van der Waals surface area contributed by atoms with Crippen LogP contribution in [0.15, 0.2) is 42.5 Å². The molecule has 0 bridgehead atoms. The molecular formula is C15H15FN2O2. The molecule has 0 heterocycles. The van der Waals surface area contributed by atoms with E-state index in [1.165, 1.54) is 7.11 Å². The number of nitrogens with two attached hydrogens (primary N) is 1. The number of rotatable bonds is 5. The van der Waals surface area contributed by atoms with E-state index in [0.29, 0.717) is 16.9 Å². The van der Waals surface area contributed by atoms with Gasteiger partial charge in [-0.25, -0.2) is 4.39 Å². The van der Waals surface area contributed by atoms with Gasteiger partial charge in [-0.2, -0.15) is 0 Å². The van der Waals surface area contributed by atoms with Gasteiger partial charge in [0.1, 0.15) is 18.2 Å². The van der Waals surface area contributed by atoms with E-state index in [9.17, 15) is 4.39 Å². The molecule has 5 heteroatoms. The average molecular weight is 274 g/mol. The van der Waals surface area contributed by atoms with Crippen LogP contribution in [0.2, 0.25) is 0 Å². The van der Waals surface area contributed by atoms with Crippen LogP contribution in [0.4, 0.5) is 4.39 Å². The van der Waals surface area contributed by atoms with Crippen molar-refractivity contribution in [2.24, 2.45) is 5.73 Å². The first-order valence-electron chi connectivity index (χ1n) is 6.01. The first-order chi connectivity index (χ1) is 9.63. The summed E-state index contributed by atoms with van der Waals surface area (Å²) in [7, 11) is 1.41. The van der Waals surface area contributed by atoms with Crippen molar-refractivity contribution in [2.75, 3.05) is 7.11 Å². The minimum atomic E-state index is -0.449. The minimum absolute atomic E-state index is 0.0350. The Labute approximate surface area is 116 Å². The summed E-state index contributed by atoms with van der Waals surface area (Å²) >= 11 is 0. The van der Waals surface area contributed by atoms with Gasteiger partial charge in [0.2, 0.25) is 0 Å². The standard InChI is InChI=1S/C15H15FN2O2/c1-19-13-8-4-5-10(14(13)16)9-20-12-7-3-2-6-11(12)15(17)18/h2-8H,9H2,1H3,(H3,17,18). The van der Waals surface area contributed by atoms with Crippen molar-refractivity contribution in [3.63, 3.8) is 0 Å². The van der Waals surface area contributed by atoms with Crippen molar-refractivity contribution in [1.82, 2.24) is 0 Å². The summed E-state index contributed by atoms with van der Waals surface area (Å²) in [6.45, 7) is 0.0350. The fourth-order valence-corrected chi connectivity index (χ4v) is 1.80. The molecule has 20 heavy (non-hydrogen) atoms. The monoisotopic (exact) mass is 274 g/mol. The van der Waals surface area contributed by atoms with Crippen LogP contribution in [0.25, 0.3) is 0 Å². The Bertz CT molecular complexity index is 629. The third kappa shape index (κ3) is 2.88. The Morgan fingerprint density at radius 1 is 1.15 bits per heavy atom. The van der Waals surface area contributed by atoms with Gasteiger partial charge in [-0.05, 0) is 18.2 Å². The third-order valence-electron chi connectivity index (χ3n) is 2.82. The van der Waals surface area contributed by atoms with Gasteiger partial charge in [0.15, 0.2) is 11.6 Å². The minimum Gasteiger partial charge on any atom is -0.494 e. The highest BCUT2D eigenvalue weighted by Crippen LogP contribution is 2.23. The number of methoxy groups -OCH3 is 1. The number of hydrogen-bond acceptors (Lipinski definition) is 3. The van der Waals surface area contributed by atoms with Crippen LogP contribution >= 0.6 is 0 Å². The van der Waals surface area contributed by atoms with E-state index in [1.807, 2.05) is 0 Å². The molecule has 2 rings (SSSR count). The molecule has 0 saturated carbocycles. The van der Waals surface area contributed by atoms with Crippen LogP contribution in [0.5, 0.6) is 11.5 Å². The Morgan fingerprint density at radius 3 is 2.55 bits per heavy atom. The number of nitrogen functional groups attached to an aromatic ring is 1. The number of hydrogen-bond donors (Lipinski definition) is 2. The quantitative estimate of drug-likeness (QED) is 0.650. The topological polar surface area (TPSA) is 68.3 Å². The van der Waals surface area contributed by atoms with Crippen molar-refractivity contribution in [1.29, 1.82) is 5.41 Å². The van der Waals surface area contributed by atoms with Crippen molar-refractivity contribution in [3.05, 3.63) is 59.4 Å². The van der Waals surface area contributed by atoms with E-state index in [1.54, 1.807) is 42.5 Å². The Kier molecular flexibility index (Phi) is 4.20. The van der Waals surface area contributed by atoms with Gasteiger partial charge in [-0.1, -0.05) is 24.3 Å². The predicted molar refractivity (Wildman–Crippen MR) is 74.7 cm³/mol. The van der Waals surface area contributed by atoms with Crippen LogP contribution < -0.4 is 15.2 Å². The van der Waals surface area contributed by atoms with Crippen molar-refractivity contribution >= 4 is 5.84 Å². The van der Waals surface area contributed by atoms with E-state index >= 15 is 0 Å². The van der Waals surface area contributed by atoms with Gasteiger partial charge in [0.05, 0.1) is 12.7 Å².